The molecule has 0 N–H and O–H groups in total. The van der Waals surface area contributed by atoms with Gasteiger partial charge in [-0.15, -0.1) is 0 Å². The highest BCUT2D eigenvalue weighted by Gasteiger charge is 2.58. The summed E-state index contributed by atoms with van der Waals surface area (Å²) in [6, 6.07) is 0. The molecule has 92 valence electrons. The molecule has 3 fully saturated rings. The van der Waals surface area contributed by atoms with Crippen LogP contribution in [0.4, 0.5) is 0 Å². The van der Waals surface area contributed by atoms with Crippen LogP contribution >= 0.6 is 0 Å². The summed E-state index contributed by atoms with van der Waals surface area (Å²) >= 11 is 0. The van der Waals surface area contributed by atoms with E-state index >= 15 is 0 Å². The topological polar surface area (TPSA) is 36.9 Å². The largest absolute Gasteiger partial charge is 0.350 e. The minimum absolute atomic E-state index is 0.139. The van der Waals surface area contributed by atoms with Crippen molar-refractivity contribution >= 4 is 0 Å². The van der Waals surface area contributed by atoms with Gasteiger partial charge in [0.2, 0.25) is 0 Å². The molecule has 0 amide bonds. The molecule has 0 aromatic rings. The zero-order valence-electron chi connectivity index (χ0n) is 10.0. The van der Waals surface area contributed by atoms with Gasteiger partial charge in [-0.2, -0.15) is 0 Å². The number of hydrogen-bond acceptors (Lipinski definition) is 4. The van der Waals surface area contributed by atoms with Gasteiger partial charge in [-0.05, 0) is 11.8 Å². The third kappa shape index (κ3) is 1.68. The molecule has 2 aliphatic heterocycles. The van der Waals surface area contributed by atoms with Gasteiger partial charge in [0.05, 0.1) is 32.3 Å². The zero-order valence-corrected chi connectivity index (χ0v) is 10.0. The molecular weight excluding hydrogens is 208 g/mol. The summed E-state index contributed by atoms with van der Waals surface area (Å²) in [4.78, 5) is 0. The van der Waals surface area contributed by atoms with Gasteiger partial charge < -0.3 is 18.9 Å². The van der Waals surface area contributed by atoms with Crippen molar-refractivity contribution in [2.75, 3.05) is 26.4 Å². The first-order chi connectivity index (χ1) is 7.61. The Balaban J connectivity index is 1.83. The van der Waals surface area contributed by atoms with Crippen LogP contribution in [-0.2, 0) is 18.9 Å². The first kappa shape index (κ1) is 11.0. The molecule has 2 heterocycles. The molecule has 1 spiro atoms. The third-order valence-electron chi connectivity index (χ3n) is 3.81. The van der Waals surface area contributed by atoms with Gasteiger partial charge in [0.25, 0.3) is 0 Å². The maximum atomic E-state index is 5.88. The van der Waals surface area contributed by atoms with E-state index in [0.717, 1.165) is 12.8 Å². The van der Waals surface area contributed by atoms with Crippen molar-refractivity contribution in [3.63, 3.8) is 0 Å². The summed E-state index contributed by atoms with van der Waals surface area (Å²) in [6.45, 7) is 7.29. The van der Waals surface area contributed by atoms with Gasteiger partial charge in [-0.25, -0.2) is 0 Å². The number of ether oxygens (including phenoxy) is 4. The molecule has 0 bridgehead atoms. The average Bonchev–Trinajstić information content (AvgIpc) is 2.87. The summed E-state index contributed by atoms with van der Waals surface area (Å²) in [5.74, 6) is -0.231. The van der Waals surface area contributed by atoms with E-state index < -0.39 is 5.79 Å². The molecule has 2 saturated heterocycles. The molecule has 1 atom stereocenters. The molecule has 0 radical (unpaired) electrons. The molecule has 3 aliphatic rings. The van der Waals surface area contributed by atoms with Crippen molar-refractivity contribution in [3.05, 3.63) is 0 Å². The monoisotopic (exact) mass is 228 g/mol. The summed E-state index contributed by atoms with van der Waals surface area (Å²) in [5.41, 5.74) is 0.240. The van der Waals surface area contributed by atoms with E-state index in [1.807, 2.05) is 0 Å². The standard InChI is InChI=1S/C12H20O4/c1-11(2)7-9(10-13-3-4-14-10)12(8-11)15-5-6-16-12/h9-10H,3-8H2,1-2H3. The Morgan fingerprint density at radius 2 is 1.56 bits per heavy atom. The lowest BCUT2D eigenvalue weighted by Gasteiger charge is -2.31. The highest BCUT2D eigenvalue weighted by atomic mass is 16.8. The van der Waals surface area contributed by atoms with E-state index in [0.29, 0.717) is 26.4 Å². The molecule has 16 heavy (non-hydrogen) atoms. The molecule has 1 unspecified atom stereocenters. The highest BCUT2D eigenvalue weighted by molar-refractivity contribution is 4.99. The van der Waals surface area contributed by atoms with Gasteiger partial charge >= 0.3 is 0 Å². The van der Waals surface area contributed by atoms with Crippen LogP contribution in [0.25, 0.3) is 0 Å². The summed E-state index contributed by atoms with van der Waals surface area (Å²) in [5, 5.41) is 0. The molecule has 3 rings (SSSR count). The van der Waals surface area contributed by atoms with Crippen molar-refractivity contribution in [1.29, 1.82) is 0 Å². The van der Waals surface area contributed by atoms with Crippen molar-refractivity contribution in [1.82, 2.24) is 0 Å². The Labute approximate surface area is 96.2 Å². The minimum atomic E-state index is -0.446. The van der Waals surface area contributed by atoms with E-state index in [4.69, 9.17) is 18.9 Å². The fourth-order valence-electron chi connectivity index (χ4n) is 3.32. The molecule has 0 aromatic carbocycles. The van der Waals surface area contributed by atoms with Crippen LogP contribution in [0.1, 0.15) is 26.7 Å². The summed E-state index contributed by atoms with van der Waals surface area (Å²) < 4.78 is 23.0. The van der Waals surface area contributed by atoms with Crippen LogP contribution in [0.2, 0.25) is 0 Å². The van der Waals surface area contributed by atoms with Gasteiger partial charge in [0, 0.05) is 6.42 Å². The van der Waals surface area contributed by atoms with E-state index in [1.165, 1.54) is 0 Å². The van der Waals surface area contributed by atoms with Crippen molar-refractivity contribution < 1.29 is 18.9 Å². The smallest absolute Gasteiger partial charge is 0.176 e. The van der Waals surface area contributed by atoms with E-state index in [-0.39, 0.29) is 17.6 Å². The van der Waals surface area contributed by atoms with Crippen LogP contribution in [-0.4, -0.2) is 38.5 Å². The molecule has 4 nitrogen and oxygen atoms in total. The predicted octanol–water partition coefficient (Wildman–Crippen LogP) is 1.54. The Morgan fingerprint density at radius 1 is 0.938 bits per heavy atom. The Bertz CT molecular complexity index is 264. The lowest BCUT2D eigenvalue weighted by atomic mass is 9.90. The van der Waals surface area contributed by atoms with Gasteiger partial charge in [0.1, 0.15) is 0 Å². The first-order valence-corrected chi connectivity index (χ1v) is 6.13. The fraction of sp³-hybridized carbons (Fsp3) is 1.00. The van der Waals surface area contributed by atoms with Crippen molar-refractivity contribution in [2.45, 2.75) is 38.8 Å². The second-order valence-electron chi connectivity index (χ2n) is 5.77. The Kier molecular flexibility index (Phi) is 2.51. The quantitative estimate of drug-likeness (QED) is 0.682. The SMILES string of the molecule is CC1(C)CC(C2OCCO2)C2(C1)OCCO2. The second kappa shape index (κ2) is 3.67. The summed E-state index contributed by atoms with van der Waals surface area (Å²) in [6.07, 6.45) is 1.84. The lowest BCUT2D eigenvalue weighted by Crippen LogP contribution is -2.41. The summed E-state index contributed by atoms with van der Waals surface area (Å²) in [7, 11) is 0. The number of rotatable bonds is 1. The second-order valence-corrected chi connectivity index (χ2v) is 5.77. The molecule has 1 saturated carbocycles. The van der Waals surface area contributed by atoms with Crippen molar-refractivity contribution in [3.8, 4) is 0 Å². The van der Waals surface area contributed by atoms with Crippen LogP contribution in [0.5, 0.6) is 0 Å². The maximum absolute atomic E-state index is 5.88. The first-order valence-electron chi connectivity index (χ1n) is 6.13. The van der Waals surface area contributed by atoms with Crippen LogP contribution in [0, 0.1) is 11.3 Å². The van der Waals surface area contributed by atoms with Crippen LogP contribution in [0.15, 0.2) is 0 Å². The van der Waals surface area contributed by atoms with E-state index in [1.54, 1.807) is 0 Å². The normalized spacial score (nSPS) is 37.5. The minimum Gasteiger partial charge on any atom is -0.350 e. The van der Waals surface area contributed by atoms with Crippen LogP contribution in [0.3, 0.4) is 0 Å². The maximum Gasteiger partial charge on any atom is 0.176 e. The van der Waals surface area contributed by atoms with Gasteiger partial charge in [0.15, 0.2) is 12.1 Å². The molecule has 1 aliphatic carbocycles. The van der Waals surface area contributed by atoms with Crippen molar-refractivity contribution in [2.24, 2.45) is 11.3 Å². The average molecular weight is 228 g/mol. The van der Waals surface area contributed by atoms with Gasteiger partial charge in [-0.1, -0.05) is 13.8 Å². The third-order valence-corrected chi connectivity index (χ3v) is 3.81. The molecular formula is C12H20O4. The van der Waals surface area contributed by atoms with Crippen LogP contribution < -0.4 is 0 Å². The number of hydrogen-bond donors (Lipinski definition) is 0. The highest BCUT2D eigenvalue weighted by Crippen LogP contribution is 2.53. The fourth-order valence-corrected chi connectivity index (χ4v) is 3.32. The zero-order chi connectivity index (χ0) is 11.2. The molecule has 0 aromatic heterocycles. The Hall–Kier alpha value is -0.160. The molecule has 4 heteroatoms. The van der Waals surface area contributed by atoms with E-state index in [2.05, 4.69) is 13.8 Å². The van der Waals surface area contributed by atoms with Gasteiger partial charge in [-0.3, -0.25) is 0 Å². The predicted molar refractivity (Wildman–Crippen MR) is 56.8 cm³/mol. The van der Waals surface area contributed by atoms with E-state index in [9.17, 15) is 0 Å². The Morgan fingerprint density at radius 3 is 2.19 bits per heavy atom. The lowest BCUT2D eigenvalue weighted by molar-refractivity contribution is -0.233.